The topological polar surface area (TPSA) is 83.0 Å². The Bertz CT molecular complexity index is 655. The van der Waals surface area contributed by atoms with Gasteiger partial charge in [0.1, 0.15) is 11.6 Å². The highest BCUT2D eigenvalue weighted by Gasteiger charge is 2.30. The lowest BCUT2D eigenvalue weighted by Gasteiger charge is -2.09. The molecular weight excluding hydrogens is 312 g/mol. The van der Waals surface area contributed by atoms with Crippen molar-refractivity contribution >= 4 is 17.7 Å². The standard InChI is InChI=1S/C16H20N4O2S/c17-14(21)8-9-20-15(12-6-7-12)18-19-16(20)23-11-10-22-13-4-2-1-3-5-13/h1-5,12H,6-11H2,(H2,17,21). The van der Waals surface area contributed by atoms with Crippen LogP contribution in [0.3, 0.4) is 0 Å². The van der Waals surface area contributed by atoms with E-state index in [4.69, 9.17) is 10.5 Å². The van der Waals surface area contributed by atoms with E-state index >= 15 is 0 Å². The number of carbonyl (C=O) groups excluding carboxylic acids is 1. The van der Waals surface area contributed by atoms with Crippen molar-refractivity contribution in [3.63, 3.8) is 0 Å². The number of amides is 1. The Morgan fingerprint density at radius 1 is 1.30 bits per heavy atom. The molecule has 1 aliphatic carbocycles. The summed E-state index contributed by atoms with van der Waals surface area (Å²) in [6.45, 7) is 1.15. The third-order valence-electron chi connectivity index (χ3n) is 3.60. The number of nitrogens with zero attached hydrogens (tertiary/aromatic N) is 3. The van der Waals surface area contributed by atoms with Crippen molar-refractivity contribution in [1.29, 1.82) is 0 Å². The summed E-state index contributed by atoms with van der Waals surface area (Å²) < 4.78 is 7.72. The van der Waals surface area contributed by atoms with Gasteiger partial charge in [-0.05, 0) is 25.0 Å². The number of hydrogen-bond donors (Lipinski definition) is 1. The molecule has 7 heteroatoms. The van der Waals surface area contributed by atoms with Crippen molar-refractivity contribution in [3.05, 3.63) is 36.2 Å². The Labute approximate surface area is 139 Å². The first-order valence-corrected chi connectivity index (χ1v) is 8.74. The fraction of sp³-hybridized carbons (Fsp3) is 0.438. The van der Waals surface area contributed by atoms with Gasteiger partial charge in [0.15, 0.2) is 5.16 Å². The third-order valence-corrected chi connectivity index (χ3v) is 4.53. The van der Waals surface area contributed by atoms with Gasteiger partial charge in [0.2, 0.25) is 5.91 Å². The third kappa shape index (κ3) is 4.48. The molecule has 6 nitrogen and oxygen atoms in total. The van der Waals surface area contributed by atoms with E-state index in [1.165, 1.54) is 0 Å². The number of nitrogens with two attached hydrogens (primary N) is 1. The van der Waals surface area contributed by atoms with Crippen LogP contribution in [0.4, 0.5) is 0 Å². The number of benzene rings is 1. The van der Waals surface area contributed by atoms with Gasteiger partial charge in [0, 0.05) is 24.6 Å². The summed E-state index contributed by atoms with van der Waals surface area (Å²) in [6, 6.07) is 9.73. The fourth-order valence-corrected chi connectivity index (χ4v) is 3.08. The monoisotopic (exact) mass is 332 g/mol. The smallest absolute Gasteiger partial charge is 0.219 e. The van der Waals surface area contributed by atoms with E-state index < -0.39 is 0 Å². The fourth-order valence-electron chi connectivity index (χ4n) is 2.29. The largest absolute Gasteiger partial charge is 0.493 e. The van der Waals surface area contributed by atoms with Crippen molar-refractivity contribution in [1.82, 2.24) is 14.8 Å². The minimum atomic E-state index is -0.302. The van der Waals surface area contributed by atoms with Crippen LogP contribution >= 0.6 is 11.8 Å². The SMILES string of the molecule is NC(=O)CCn1c(SCCOc2ccccc2)nnc1C1CC1. The molecule has 2 N–H and O–H groups in total. The van der Waals surface area contributed by atoms with Crippen molar-refractivity contribution in [2.75, 3.05) is 12.4 Å². The molecular formula is C16H20N4O2S. The normalized spacial score (nSPS) is 13.9. The van der Waals surface area contributed by atoms with Crippen LogP contribution in [-0.2, 0) is 11.3 Å². The molecule has 0 unspecified atom stereocenters. The maximum Gasteiger partial charge on any atom is 0.219 e. The molecule has 23 heavy (non-hydrogen) atoms. The van der Waals surface area contributed by atoms with Crippen molar-refractivity contribution in [2.45, 2.75) is 36.9 Å². The summed E-state index contributed by atoms with van der Waals surface area (Å²) in [4.78, 5) is 11.1. The quantitative estimate of drug-likeness (QED) is 0.562. The average Bonchev–Trinajstić information content (AvgIpc) is 3.32. The average molecular weight is 332 g/mol. The second kappa shape index (κ2) is 7.50. The Morgan fingerprint density at radius 2 is 2.09 bits per heavy atom. The number of thioether (sulfide) groups is 1. The number of hydrogen-bond acceptors (Lipinski definition) is 5. The van der Waals surface area contributed by atoms with E-state index in [9.17, 15) is 4.79 Å². The first-order valence-electron chi connectivity index (χ1n) is 7.76. The first kappa shape index (κ1) is 15.9. The van der Waals surface area contributed by atoms with E-state index in [2.05, 4.69) is 10.2 Å². The maximum atomic E-state index is 11.1. The van der Waals surface area contributed by atoms with E-state index in [1.54, 1.807) is 11.8 Å². The molecule has 0 radical (unpaired) electrons. The van der Waals surface area contributed by atoms with Crippen LogP contribution in [0.15, 0.2) is 35.5 Å². The molecule has 3 rings (SSSR count). The molecule has 0 saturated heterocycles. The lowest BCUT2D eigenvalue weighted by Crippen LogP contribution is -2.15. The van der Waals surface area contributed by atoms with Crippen LogP contribution in [0.2, 0.25) is 0 Å². The molecule has 1 saturated carbocycles. The number of primary amides is 1. The van der Waals surface area contributed by atoms with Crippen LogP contribution in [0.25, 0.3) is 0 Å². The highest BCUT2D eigenvalue weighted by Crippen LogP contribution is 2.40. The predicted octanol–water partition coefficient (Wildman–Crippen LogP) is 2.20. The highest BCUT2D eigenvalue weighted by atomic mass is 32.2. The van der Waals surface area contributed by atoms with Gasteiger partial charge in [0.05, 0.1) is 6.61 Å². The van der Waals surface area contributed by atoms with Crippen molar-refractivity contribution in [2.24, 2.45) is 5.73 Å². The van der Waals surface area contributed by atoms with Crippen LogP contribution < -0.4 is 10.5 Å². The second-order valence-electron chi connectivity index (χ2n) is 5.49. The summed E-state index contributed by atoms with van der Waals surface area (Å²) in [7, 11) is 0. The van der Waals surface area contributed by atoms with Crippen LogP contribution in [0.5, 0.6) is 5.75 Å². The molecule has 0 spiro atoms. The Hall–Kier alpha value is -2.02. The Kier molecular flexibility index (Phi) is 5.17. The van der Waals surface area contributed by atoms with E-state index in [0.717, 1.165) is 35.3 Å². The number of carbonyl (C=O) groups is 1. The van der Waals surface area contributed by atoms with Gasteiger partial charge >= 0.3 is 0 Å². The molecule has 1 heterocycles. The number of ether oxygens (including phenoxy) is 1. The van der Waals surface area contributed by atoms with Gasteiger partial charge < -0.3 is 15.0 Å². The molecule has 1 aromatic carbocycles. The van der Waals surface area contributed by atoms with Gasteiger partial charge in [-0.1, -0.05) is 30.0 Å². The lowest BCUT2D eigenvalue weighted by molar-refractivity contribution is -0.118. The van der Waals surface area contributed by atoms with Crippen LogP contribution in [0.1, 0.15) is 31.0 Å². The second-order valence-corrected chi connectivity index (χ2v) is 6.56. The molecule has 0 bridgehead atoms. The van der Waals surface area contributed by atoms with Crippen molar-refractivity contribution in [3.8, 4) is 5.75 Å². The number of rotatable bonds is 9. The zero-order chi connectivity index (χ0) is 16.1. The maximum absolute atomic E-state index is 11.1. The number of para-hydroxylation sites is 1. The van der Waals surface area contributed by atoms with Crippen LogP contribution in [-0.4, -0.2) is 33.0 Å². The van der Waals surface area contributed by atoms with Gasteiger partial charge in [-0.2, -0.15) is 0 Å². The van der Waals surface area contributed by atoms with Gasteiger partial charge in [-0.25, -0.2) is 0 Å². The summed E-state index contributed by atoms with van der Waals surface area (Å²) in [5.74, 6) is 2.81. The highest BCUT2D eigenvalue weighted by molar-refractivity contribution is 7.99. The van der Waals surface area contributed by atoms with Gasteiger partial charge in [-0.3, -0.25) is 4.79 Å². The minimum absolute atomic E-state index is 0.302. The molecule has 1 fully saturated rings. The van der Waals surface area contributed by atoms with Gasteiger partial charge in [0.25, 0.3) is 0 Å². The van der Waals surface area contributed by atoms with Gasteiger partial charge in [-0.15, -0.1) is 10.2 Å². The molecule has 0 aliphatic heterocycles. The Balaban J connectivity index is 1.55. The lowest BCUT2D eigenvalue weighted by atomic mass is 10.3. The summed E-state index contributed by atoms with van der Waals surface area (Å²) >= 11 is 1.60. The van der Waals surface area contributed by atoms with Crippen LogP contribution in [0, 0.1) is 0 Å². The predicted molar refractivity (Wildman–Crippen MR) is 88.5 cm³/mol. The zero-order valence-electron chi connectivity index (χ0n) is 12.9. The molecule has 1 aliphatic rings. The summed E-state index contributed by atoms with van der Waals surface area (Å²) in [5, 5.41) is 9.40. The van der Waals surface area contributed by atoms with E-state index in [0.29, 0.717) is 25.5 Å². The van der Waals surface area contributed by atoms with E-state index in [-0.39, 0.29) is 5.91 Å². The molecule has 1 aromatic heterocycles. The molecule has 2 aromatic rings. The zero-order valence-corrected chi connectivity index (χ0v) is 13.7. The molecule has 122 valence electrons. The summed E-state index contributed by atoms with van der Waals surface area (Å²) in [5.41, 5.74) is 5.27. The molecule has 0 atom stereocenters. The summed E-state index contributed by atoms with van der Waals surface area (Å²) in [6.07, 6.45) is 2.61. The minimum Gasteiger partial charge on any atom is -0.493 e. The first-order chi connectivity index (χ1) is 11.2. The van der Waals surface area contributed by atoms with Crippen molar-refractivity contribution < 1.29 is 9.53 Å². The Morgan fingerprint density at radius 3 is 2.78 bits per heavy atom. The van der Waals surface area contributed by atoms with E-state index in [1.807, 2.05) is 34.9 Å². The molecule has 1 amide bonds. The number of aromatic nitrogens is 3.